The quantitative estimate of drug-likeness (QED) is 0.806. The number of benzene rings is 1. The van der Waals surface area contributed by atoms with Gasteiger partial charge in [-0.1, -0.05) is 22.9 Å². The first-order valence-electron chi connectivity index (χ1n) is 5.36. The maximum atomic E-state index is 5.81. The minimum atomic E-state index is 0.318. The molecule has 0 amide bonds. The molecule has 1 unspecified atom stereocenters. The van der Waals surface area contributed by atoms with Crippen LogP contribution in [0.2, 0.25) is 0 Å². The lowest BCUT2D eigenvalue weighted by molar-refractivity contribution is 0.300. The molecule has 1 aromatic rings. The maximum Gasteiger partial charge on any atom is 0.119 e. The van der Waals surface area contributed by atoms with E-state index in [-0.39, 0.29) is 0 Å². The van der Waals surface area contributed by atoms with Crippen LogP contribution in [0.4, 0.5) is 0 Å². The van der Waals surface area contributed by atoms with Gasteiger partial charge in [0.05, 0.1) is 6.61 Å². The minimum Gasteiger partial charge on any atom is -0.494 e. The van der Waals surface area contributed by atoms with Gasteiger partial charge in [0.2, 0.25) is 0 Å². The Hall–Kier alpha value is -0.540. The van der Waals surface area contributed by atoms with Gasteiger partial charge in [0, 0.05) is 10.5 Å². The van der Waals surface area contributed by atoms with Gasteiger partial charge in [-0.05, 0) is 43.5 Å². The molecule has 3 heteroatoms. The SMILES string of the molecule is CCC(N)CCCOc1ccc(Br)cc1. The molecule has 0 spiro atoms. The Morgan fingerprint density at radius 1 is 1.33 bits per heavy atom. The third-order valence-electron chi connectivity index (χ3n) is 2.33. The molecule has 15 heavy (non-hydrogen) atoms. The van der Waals surface area contributed by atoms with Crippen molar-refractivity contribution >= 4 is 15.9 Å². The summed E-state index contributed by atoms with van der Waals surface area (Å²) in [4.78, 5) is 0. The van der Waals surface area contributed by atoms with Crippen molar-refractivity contribution in [2.75, 3.05) is 6.61 Å². The Kier molecular flexibility index (Phi) is 5.73. The summed E-state index contributed by atoms with van der Waals surface area (Å²) < 4.78 is 6.65. The van der Waals surface area contributed by atoms with Crippen LogP contribution in [-0.2, 0) is 0 Å². The highest BCUT2D eigenvalue weighted by Gasteiger charge is 1.99. The molecule has 0 saturated heterocycles. The first-order valence-corrected chi connectivity index (χ1v) is 6.15. The highest BCUT2D eigenvalue weighted by Crippen LogP contribution is 2.16. The van der Waals surface area contributed by atoms with Gasteiger partial charge in [-0.25, -0.2) is 0 Å². The van der Waals surface area contributed by atoms with Crippen LogP contribution in [0.5, 0.6) is 5.75 Å². The summed E-state index contributed by atoms with van der Waals surface area (Å²) >= 11 is 3.38. The zero-order valence-electron chi connectivity index (χ0n) is 9.08. The smallest absolute Gasteiger partial charge is 0.119 e. The molecule has 0 aliphatic heterocycles. The van der Waals surface area contributed by atoms with E-state index in [1.165, 1.54) is 0 Å². The highest BCUT2D eigenvalue weighted by atomic mass is 79.9. The first-order chi connectivity index (χ1) is 7.22. The van der Waals surface area contributed by atoms with E-state index < -0.39 is 0 Å². The predicted molar refractivity (Wildman–Crippen MR) is 67.1 cm³/mol. The van der Waals surface area contributed by atoms with Crippen molar-refractivity contribution in [3.63, 3.8) is 0 Å². The fourth-order valence-electron chi connectivity index (χ4n) is 1.27. The Morgan fingerprint density at radius 3 is 2.60 bits per heavy atom. The van der Waals surface area contributed by atoms with Gasteiger partial charge < -0.3 is 10.5 Å². The summed E-state index contributed by atoms with van der Waals surface area (Å²) in [6.07, 6.45) is 3.09. The summed E-state index contributed by atoms with van der Waals surface area (Å²) in [5.41, 5.74) is 5.81. The van der Waals surface area contributed by atoms with Crippen LogP contribution < -0.4 is 10.5 Å². The molecule has 0 fully saturated rings. The second kappa shape index (κ2) is 6.85. The average Bonchev–Trinajstić information content (AvgIpc) is 2.26. The van der Waals surface area contributed by atoms with E-state index in [1.807, 2.05) is 24.3 Å². The number of hydrogen-bond acceptors (Lipinski definition) is 2. The molecular weight excluding hydrogens is 254 g/mol. The van der Waals surface area contributed by atoms with Gasteiger partial charge in [-0.15, -0.1) is 0 Å². The number of halogens is 1. The van der Waals surface area contributed by atoms with Crippen molar-refractivity contribution in [2.45, 2.75) is 32.2 Å². The van der Waals surface area contributed by atoms with Crippen molar-refractivity contribution in [1.29, 1.82) is 0 Å². The van der Waals surface area contributed by atoms with E-state index in [0.717, 1.165) is 36.1 Å². The van der Waals surface area contributed by atoms with Crippen LogP contribution in [0, 0.1) is 0 Å². The molecule has 2 N–H and O–H groups in total. The van der Waals surface area contributed by atoms with Gasteiger partial charge in [-0.3, -0.25) is 0 Å². The van der Waals surface area contributed by atoms with E-state index >= 15 is 0 Å². The van der Waals surface area contributed by atoms with Crippen molar-refractivity contribution in [1.82, 2.24) is 0 Å². The predicted octanol–water partition coefficient (Wildman–Crippen LogP) is 3.35. The Bertz CT molecular complexity index is 273. The lowest BCUT2D eigenvalue weighted by Gasteiger charge is -2.09. The summed E-state index contributed by atoms with van der Waals surface area (Å²) in [5, 5.41) is 0. The zero-order chi connectivity index (χ0) is 11.1. The Labute approximate surface area is 99.9 Å². The molecule has 1 rings (SSSR count). The number of ether oxygens (including phenoxy) is 1. The molecule has 1 aromatic carbocycles. The van der Waals surface area contributed by atoms with E-state index in [0.29, 0.717) is 6.04 Å². The second-order valence-corrected chi connectivity index (χ2v) is 4.53. The molecule has 0 heterocycles. The van der Waals surface area contributed by atoms with Crippen LogP contribution in [0.25, 0.3) is 0 Å². The van der Waals surface area contributed by atoms with E-state index in [1.54, 1.807) is 0 Å². The Morgan fingerprint density at radius 2 is 2.00 bits per heavy atom. The maximum absolute atomic E-state index is 5.81. The molecule has 0 aliphatic rings. The number of nitrogens with two attached hydrogens (primary N) is 1. The minimum absolute atomic E-state index is 0.318. The van der Waals surface area contributed by atoms with Gasteiger partial charge in [0.15, 0.2) is 0 Å². The highest BCUT2D eigenvalue weighted by molar-refractivity contribution is 9.10. The standard InChI is InChI=1S/C12H18BrNO/c1-2-11(14)4-3-9-15-12-7-5-10(13)6-8-12/h5-8,11H,2-4,9,14H2,1H3. The molecule has 2 nitrogen and oxygen atoms in total. The van der Waals surface area contributed by atoms with E-state index in [9.17, 15) is 0 Å². The van der Waals surface area contributed by atoms with Crippen LogP contribution in [0.1, 0.15) is 26.2 Å². The topological polar surface area (TPSA) is 35.2 Å². The van der Waals surface area contributed by atoms with Crippen LogP contribution in [0.15, 0.2) is 28.7 Å². The third kappa shape index (κ3) is 5.19. The lowest BCUT2D eigenvalue weighted by atomic mass is 10.1. The van der Waals surface area contributed by atoms with E-state index in [4.69, 9.17) is 10.5 Å². The van der Waals surface area contributed by atoms with Gasteiger partial charge >= 0.3 is 0 Å². The van der Waals surface area contributed by atoms with Crippen molar-refractivity contribution in [3.05, 3.63) is 28.7 Å². The summed E-state index contributed by atoms with van der Waals surface area (Å²) in [5.74, 6) is 0.920. The van der Waals surface area contributed by atoms with Crippen molar-refractivity contribution < 1.29 is 4.74 Å². The molecule has 84 valence electrons. The first kappa shape index (κ1) is 12.5. The fraction of sp³-hybridized carbons (Fsp3) is 0.500. The lowest BCUT2D eigenvalue weighted by Crippen LogP contribution is -2.19. The third-order valence-corrected chi connectivity index (χ3v) is 2.85. The molecular formula is C12H18BrNO. The monoisotopic (exact) mass is 271 g/mol. The number of rotatable bonds is 6. The molecule has 0 radical (unpaired) electrons. The van der Waals surface area contributed by atoms with Gasteiger partial charge in [0.25, 0.3) is 0 Å². The van der Waals surface area contributed by atoms with E-state index in [2.05, 4.69) is 22.9 Å². The largest absolute Gasteiger partial charge is 0.494 e. The fourth-order valence-corrected chi connectivity index (χ4v) is 1.53. The van der Waals surface area contributed by atoms with Crippen molar-refractivity contribution in [2.24, 2.45) is 5.73 Å². The zero-order valence-corrected chi connectivity index (χ0v) is 10.7. The molecule has 0 saturated carbocycles. The van der Waals surface area contributed by atoms with Gasteiger partial charge in [0.1, 0.15) is 5.75 Å². The molecule has 1 atom stereocenters. The summed E-state index contributed by atoms with van der Waals surface area (Å²) in [7, 11) is 0. The van der Waals surface area contributed by atoms with Crippen molar-refractivity contribution in [3.8, 4) is 5.75 Å². The van der Waals surface area contributed by atoms with Crippen LogP contribution in [0.3, 0.4) is 0 Å². The van der Waals surface area contributed by atoms with Crippen LogP contribution >= 0.6 is 15.9 Å². The summed E-state index contributed by atoms with van der Waals surface area (Å²) in [6.45, 7) is 2.86. The molecule has 0 aromatic heterocycles. The molecule has 0 bridgehead atoms. The second-order valence-electron chi connectivity index (χ2n) is 3.61. The summed E-state index contributed by atoms with van der Waals surface area (Å²) in [6, 6.07) is 8.20. The average molecular weight is 272 g/mol. The van der Waals surface area contributed by atoms with Crippen LogP contribution in [-0.4, -0.2) is 12.6 Å². The van der Waals surface area contributed by atoms with Gasteiger partial charge in [-0.2, -0.15) is 0 Å². The number of hydrogen-bond donors (Lipinski definition) is 1. The normalized spacial score (nSPS) is 12.5. The Balaban J connectivity index is 2.17. The molecule has 0 aliphatic carbocycles.